The normalized spacial score (nSPS) is 10.5. The van der Waals surface area contributed by atoms with Crippen molar-refractivity contribution in [3.63, 3.8) is 0 Å². The van der Waals surface area contributed by atoms with E-state index >= 15 is 0 Å². The highest BCUT2D eigenvalue weighted by Crippen LogP contribution is 2.09. The van der Waals surface area contributed by atoms with Crippen molar-refractivity contribution in [2.45, 2.75) is 12.8 Å². The lowest BCUT2D eigenvalue weighted by Crippen LogP contribution is -2.25. The molecule has 0 saturated heterocycles. The van der Waals surface area contributed by atoms with Crippen molar-refractivity contribution in [1.82, 2.24) is 5.32 Å². The van der Waals surface area contributed by atoms with Gasteiger partial charge in [0.05, 0.1) is 11.6 Å². The molecule has 2 aromatic carbocycles. The molecular weight excluding hydrogens is 298 g/mol. The highest BCUT2D eigenvalue weighted by Gasteiger charge is 2.08. The first-order chi connectivity index (χ1) is 11.7. The molecule has 0 radical (unpaired) electrons. The fourth-order valence-electron chi connectivity index (χ4n) is 2.20. The molecule has 1 N–H and O–H groups in total. The van der Waals surface area contributed by atoms with E-state index in [1.54, 1.807) is 24.3 Å². The SMILES string of the molecule is N#C/C(=C/c1ccc(C#N)cc1)C(=O)NCCCc1ccccc1. The van der Waals surface area contributed by atoms with Gasteiger partial charge < -0.3 is 5.32 Å². The van der Waals surface area contributed by atoms with Gasteiger partial charge in [-0.25, -0.2) is 0 Å². The molecule has 0 saturated carbocycles. The molecule has 4 heteroatoms. The molecule has 0 aliphatic heterocycles. The van der Waals surface area contributed by atoms with E-state index in [2.05, 4.69) is 5.32 Å². The predicted octanol–water partition coefficient (Wildman–Crippen LogP) is 3.21. The first-order valence-electron chi connectivity index (χ1n) is 7.67. The van der Waals surface area contributed by atoms with Crippen molar-refractivity contribution in [2.24, 2.45) is 0 Å². The number of benzene rings is 2. The second kappa shape index (κ2) is 8.92. The van der Waals surface area contributed by atoms with Gasteiger partial charge in [-0.3, -0.25) is 4.79 Å². The number of nitrogens with zero attached hydrogens (tertiary/aromatic N) is 2. The van der Waals surface area contributed by atoms with E-state index < -0.39 is 0 Å². The zero-order valence-corrected chi connectivity index (χ0v) is 13.2. The minimum Gasteiger partial charge on any atom is -0.351 e. The van der Waals surface area contributed by atoms with Crippen molar-refractivity contribution >= 4 is 12.0 Å². The lowest BCUT2D eigenvalue weighted by atomic mass is 10.1. The Balaban J connectivity index is 1.88. The van der Waals surface area contributed by atoms with E-state index in [-0.39, 0.29) is 11.5 Å². The van der Waals surface area contributed by atoms with E-state index in [0.717, 1.165) is 12.8 Å². The van der Waals surface area contributed by atoms with Crippen LogP contribution in [0.4, 0.5) is 0 Å². The maximum absolute atomic E-state index is 12.1. The summed E-state index contributed by atoms with van der Waals surface area (Å²) in [4.78, 5) is 12.1. The molecule has 0 bridgehead atoms. The minimum atomic E-state index is -0.380. The lowest BCUT2D eigenvalue weighted by molar-refractivity contribution is -0.117. The molecule has 0 fully saturated rings. The Bertz CT molecular complexity index is 794. The molecule has 4 nitrogen and oxygen atoms in total. The fraction of sp³-hybridized carbons (Fsp3) is 0.150. The Morgan fingerprint density at radius 2 is 1.75 bits per heavy atom. The monoisotopic (exact) mass is 315 g/mol. The molecule has 0 spiro atoms. The molecule has 24 heavy (non-hydrogen) atoms. The van der Waals surface area contributed by atoms with Crippen LogP contribution in [0.5, 0.6) is 0 Å². The summed E-state index contributed by atoms with van der Waals surface area (Å²) in [5, 5.41) is 20.7. The number of rotatable bonds is 6. The number of aryl methyl sites for hydroxylation is 1. The van der Waals surface area contributed by atoms with Crippen LogP contribution in [-0.2, 0) is 11.2 Å². The van der Waals surface area contributed by atoms with Gasteiger partial charge in [0.2, 0.25) is 0 Å². The van der Waals surface area contributed by atoms with Crippen molar-refractivity contribution in [3.05, 3.63) is 76.9 Å². The van der Waals surface area contributed by atoms with Crippen molar-refractivity contribution < 1.29 is 4.79 Å². The molecule has 2 aromatic rings. The highest BCUT2D eigenvalue weighted by atomic mass is 16.1. The Morgan fingerprint density at radius 3 is 2.38 bits per heavy atom. The third-order valence-corrected chi connectivity index (χ3v) is 3.49. The Hall–Kier alpha value is -3.37. The lowest BCUT2D eigenvalue weighted by Gasteiger charge is -2.05. The van der Waals surface area contributed by atoms with Crippen LogP contribution in [0.15, 0.2) is 60.2 Å². The number of carbonyl (C=O) groups excluding carboxylic acids is 1. The van der Waals surface area contributed by atoms with Gasteiger partial charge in [-0.1, -0.05) is 42.5 Å². The van der Waals surface area contributed by atoms with Crippen molar-refractivity contribution in [1.29, 1.82) is 10.5 Å². The second-order valence-electron chi connectivity index (χ2n) is 5.25. The standard InChI is InChI=1S/C20H17N3O/c21-14-18-10-8-17(9-11-18)13-19(15-22)20(24)23-12-4-7-16-5-2-1-3-6-16/h1-3,5-6,8-11,13H,4,7,12H2,(H,23,24)/b19-13-. The molecule has 0 heterocycles. The van der Waals surface area contributed by atoms with E-state index in [1.165, 1.54) is 11.6 Å². The van der Waals surface area contributed by atoms with Gasteiger partial charge in [-0.2, -0.15) is 10.5 Å². The van der Waals surface area contributed by atoms with Crippen LogP contribution < -0.4 is 5.32 Å². The third kappa shape index (κ3) is 5.12. The largest absolute Gasteiger partial charge is 0.351 e. The number of hydrogen-bond donors (Lipinski definition) is 1. The number of carbonyl (C=O) groups is 1. The first-order valence-corrected chi connectivity index (χ1v) is 7.67. The molecule has 2 rings (SSSR count). The number of nitrogens with one attached hydrogen (secondary N) is 1. The molecule has 0 aromatic heterocycles. The predicted molar refractivity (Wildman–Crippen MR) is 92.5 cm³/mol. The van der Waals surface area contributed by atoms with Crippen LogP contribution in [0.1, 0.15) is 23.1 Å². The summed E-state index contributed by atoms with van der Waals surface area (Å²) < 4.78 is 0. The van der Waals surface area contributed by atoms with Gasteiger partial charge >= 0.3 is 0 Å². The van der Waals surface area contributed by atoms with Gasteiger partial charge in [0.25, 0.3) is 5.91 Å². The molecule has 118 valence electrons. The van der Waals surface area contributed by atoms with Gasteiger partial charge in [0.15, 0.2) is 0 Å². The third-order valence-electron chi connectivity index (χ3n) is 3.49. The second-order valence-corrected chi connectivity index (χ2v) is 5.25. The van der Waals surface area contributed by atoms with E-state index in [4.69, 9.17) is 10.5 Å². The Morgan fingerprint density at radius 1 is 1.04 bits per heavy atom. The number of amides is 1. The minimum absolute atomic E-state index is 0.0550. The van der Waals surface area contributed by atoms with Crippen LogP contribution in [0, 0.1) is 22.7 Å². The first kappa shape index (κ1) is 17.0. The summed E-state index contributed by atoms with van der Waals surface area (Å²) in [5.41, 5.74) is 2.53. The summed E-state index contributed by atoms with van der Waals surface area (Å²) in [6, 6.07) is 20.7. The van der Waals surface area contributed by atoms with Gasteiger partial charge in [-0.05, 0) is 42.2 Å². The fourth-order valence-corrected chi connectivity index (χ4v) is 2.20. The van der Waals surface area contributed by atoms with Gasteiger partial charge in [-0.15, -0.1) is 0 Å². The molecular formula is C20H17N3O. The Kier molecular flexibility index (Phi) is 6.32. The van der Waals surface area contributed by atoms with E-state index in [1.807, 2.05) is 42.5 Å². The maximum atomic E-state index is 12.1. The highest BCUT2D eigenvalue weighted by molar-refractivity contribution is 6.01. The van der Waals surface area contributed by atoms with E-state index in [0.29, 0.717) is 17.7 Å². The molecule has 0 unspecified atom stereocenters. The summed E-state index contributed by atoms with van der Waals surface area (Å²) >= 11 is 0. The number of hydrogen-bond acceptors (Lipinski definition) is 3. The van der Waals surface area contributed by atoms with Gasteiger partial charge in [0, 0.05) is 6.54 Å². The molecule has 0 aliphatic carbocycles. The maximum Gasteiger partial charge on any atom is 0.261 e. The van der Waals surface area contributed by atoms with Crippen molar-refractivity contribution in [2.75, 3.05) is 6.54 Å². The smallest absolute Gasteiger partial charge is 0.261 e. The summed E-state index contributed by atoms with van der Waals surface area (Å²) in [6.07, 6.45) is 3.21. The van der Waals surface area contributed by atoms with Crippen LogP contribution in [0.3, 0.4) is 0 Å². The Labute approximate surface area is 141 Å². The van der Waals surface area contributed by atoms with E-state index in [9.17, 15) is 4.79 Å². The summed E-state index contributed by atoms with van der Waals surface area (Å²) in [6.45, 7) is 0.514. The van der Waals surface area contributed by atoms with Crippen LogP contribution in [0.2, 0.25) is 0 Å². The van der Waals surface area contributed by atoms with Crippen LogP contribution in [-0.4, -0.2) is 12.5 Å². The molecule has 1 amide bonds. The average molecular weight is 315 g/mol. The summed E-state index contributed by atoms with van der Waals surface area (Å²) in [7, 11) is 0. The summed E-state index contributed by atoms with van der Waals surface area (Å²) in [5.74, 6) is -0.380. The zero-order valence-electron chi connectivity index (χ0n) is 13.2. The zero-order chi connectivity index (χ0) is 17.2. The molecule has 0 atom stereocenters. The number of nitriles is 2. The van der Waals surface area contributed by atoms with Gasteiger partial charge in [0.1, 0.15) is 11.6 Å². The van der Waals surface area contributed by atoms with Crippen LogP contribution in [0.25, 0.3) is 6.08 Å². The topological polar surface area (TPSA) is 76.7 Å². The average Bonchev–Trinajstić information content (AvgIpc) is 2.64. The van der Waals surface area contributed by atoms with Crippen molar-refractivity contribution in [3.8, 4) is 12.1 Å². The quantitative estimate of drug-likeness (QED) is 0.505. The van der Waals surface area contributed by atoms with Crippen LogP contribution >= 0.6 is 0 Å². The molecule has 0 aliphatic rings.